The fourth-order valence-electron chi connectivity index (χ4n) is 1.20. The van der Waals surface area contributed by atoms with E-state index in [1.807, 2.05) is 24.7 Å². The molecule has 1 rings (SSSR count). The predicted molar refractivity (Wildman–Crippen MR) is 58.6 cm³/mol. The summed E-state index contributed by atoms with van der Waals surface area (Å²) in [6.07, 6.45) is 4.41. The Morgan fingerprint density at radius 3 is 2.93 bits per heavy atom. The zero-order valence-corrected chi connectivity index (χ0v) is 9.53. The lowest BCUT2D eigenvalue weighted by Crippen LogP contribution is -2.38. The molecule has 15 heavy (non-hydrogen) atoms. The summed E-state index contributed by atoms with van der Waals surface area (Å²) in [5, 5.41) is 2.83. The summed E-state index contributed by atoms with van der Waals surface area (Å²) < 4.78 is 1.95. The lowest BCUT2D eigenvalue weighted by molar-refractivity contribution is 0.211. The lowest BCUT2D eigenvalue weighted by Gasteiger charge is -2.15. The molecule has 0 radical (unpaired) electrons. The molecular formula is C10H18N4O. The molecular weight excluding hydrogens is 192 g/mol. The highest BCUT2D eigenvalue weighted by atomic mass is 16.2. The largest absolute Gasteiger partial charge is 0.338 e. The minimum atomic E-state index is -0.0355. The van der Waals surface area contributed by atoms with Crippen molar-refractivity contribution in [3.8, 4) is 0 Å². The lowest BCUT2D eigenvalue weighted by atomic mass is 10.4. The van der Waals surface area contributed by atoms with Crippen molar-refractivity contribution >= 4 is 6.03 Å². The molecule has 1 N–H and O–H groups in total. The maximum atomic E-state index is 11.4. The number of rotatable bonds is 4. The van der Waals surface area contributed by atoms with Crippen LogP contribution in [0.1, 0.15) is 12.7 Å². The summed E-state index contributed by atoms with van der Waals surface area (Å²) in [6.45, 7) is 3.28. The van der Waals surface area contributed by atoms with Crippen LogP contribution in [0.5, 0.6) is 0 Å². The Balaban J connectivity index is 2.28. The van der Waals surface area contributed by atoms with Gasteiger partial charge in [-0.05, 0) is 6.92 Å². The molecule has 1 aromatic heterocycles. The fraction of sp³-hybridized carbons (Fsp3) is 0.600. The number of aromatic nitrogens is 2. The number of hydrogen-bond acceptors (Lipinski definition) is 2. The van der Waals surface area contributed by atoms with E-state index >= 15 is 0 Å². The second-order valence-electron chi connectivity index (χ2n) is 3.45. The Hall–Kier alpha value is -1.52. The van der Waals surface area contributed by atoms with Gasteiger partial charge in [-0.1, -0.05) is 0 Å². The normalized spacial score (nSPS) is 10.1. The van der Waals surface area contributed by atoms with Crippen molar-refractivity contribution < 1.29 is 4.79 Å². The number of nitrogens with one attached hydrogen (secondary N) is 1. The summed E-state index contributed by atoms with van der Waals surface area (Å²) in [4.78, 5) is 17.2. The van der Waals surface area contributed by atoms with Crippen LogP contribution < -0.4 is 5.32 Å². The number of hydrogen-bond donors (Lipinski definition) is 1. The van der Waals surface area contributed by atoms with Gasteiger partial charge in [0.15, 0.2) is 0 Å². The zero-order valence-electron chi connectivity index (χ0n) is 9.53. The molecule has 0 aliphatic carbocycles. The number of urea groups is 1. The van der Waals surface area contributed by atoms with Gasteiger partial charge in [-0.15, -0.1) is 0 Å². The van der Waals surface area contributed by atoms with Gasteiger partial charge in [0.05, 0.1) is 0 Å². The van der Waals surface area contributed by atoms with Crippen LogP contribution in [0.3, 0.4) is 0 Å². The first-order valence-corrected chi connectivity index (χ1v) is 5.10. The van der Waals surface area contributed by atoms with Crippen molar-refractivity contribution in [1.82, 2.24) is 19.8 Å². The van der Waals surface area contributed by atoms with E-state index in [0.29, 0.717) is 13.1 Å². The number of amides is 2. The van der Waals surface area contributed by atoms with E-state index in [2.05, 4.69) is 10.3 Å². The van der Waals surface area contributed by atoms with Crippen LogP contribution in [0.25, 0.3) is 0 Å². The van der Waals surface area contributed by atoms with Gasteiger partial charge < -0.3 is 14.8 Å². The molecule has 0 aromatic carbocycles. The van der Waals surface area contributed by atoms with Crippen LogP contribution >= 0.6 is 0 Å². The average molecular weight is 210 g/mol. The number of imidazole rings is 1. The molecule has 0 unspecified atom stereocenters. The molecule has 0 saturated carbocycles. The van der Waals surface area contributed by atoms with Crippen molar-refractivity contribution in [2.45, 2.75) is 13.3 Å². The Labute approximate surface area is 90.1 Å². The van der Waals surface area contributed by atoms with E-state index in [4.69, 9.17) is 0 Å². The molecule has 0 aliphatic heterocycles. The standard InChI is InChI=1S/C10H18N4O/c1-4-13(2)10(15)12-6-5-9-11-7-8-14(9)3/h7-8H,4-6H2,1-3H3,(H,12,15). The second-order valence-corrected chi connectivity index (χ2v) is 3.45. The third-order valence-corrected chi connectivity index (χ3v) is 2.37. The van der Waals surface area contributed by atoms with Crippen molar-refractivity contribution in [3.63, 3.8) is 0 Å². The van der Waals surface area contributed by atoms with E-state index < -0.39 is 0 Å². The highest BCUT2D eigenvalue weighted by molar-refractivity contribution is 5.73. The maximum absolute atomic E-state index is 11.4. The minimum Gasteiger partial charge on any atom is -0.338 e. The van der Waals surface area contributed by atoms with E-state index in [-0.39, 0.29) is 6.03 Å². The van der Waals surface area contributed by atoms with Gasteiger partial charge in [0.2, 0.25) is 0 Å². The highest BCUT2D eigenvalue weighted by Gasteiger charge is 2.05. The number of carbonyl (C=O) groups is 1. The van der Waals surface area contributed by atoms with Crippen LogP contribution in [0.4, 0.5) is 4.79 Å². The van der Waals surface area contributed by atoms with Crippen LogP contribution in [0.2, 0.25) is 0 Å². The van der Waals surface area contributed by atoms with E-state index in [1.54, 1.807) is 18.1 Å². The van der Waals surface area contributed by atoms with Gasteiger partial charge in [0.25, 0.3) is 0 Å². The molecule has 0 saturated heterocycles. The Morgan fingerprint density at radius 1 is 1.67 bits per heavy atom. The summed E-state index contributed by atoms with van der Waals surface area (Å²) in [7, 11) is 3.72. The van der Waals surface area contributed by atoms with E-state index in [0.717, 1.165) is 12.2 Å². The summed E-state index contributed by atoms with van der Waals surface area (Å²) in [5.41, 5.74) is 0. The smallest absolute Gasteiger partial charge is 0.317 e. The highest BCUT2D eigenvalue weighted by Crippen LogP contribution is 1.94. The fourth-order valence-corrected chi connectivity index (χ4v) is 1.20. The molecule has 2 amide bonds. The Bertz CT molecular complexity index is 321. The third kappa shape index (κ3) is 3.27. The van der Waals surface area contributed by atoms with Crippen molar-refractivity contribution in [1.29, 1.82) is 0 Å². The van der Waals surface area contributed by atoms with Gasteiger partial charge in [-0.3, -0.25) is 0 Å². The zero-order chi connectivity index (χ0) is 11.3. The van der Waals surface area contributed by atoms with Gasteiger partial charge in [-0.2, -0.15) is 0 Å². The van der Waals surface area contributed by atoms with Crippen LogP contribution in [0.15, 0.2) is 12.4 Å². The van der Waals surface area contributed by atoms with E-state index in [1.165, 1.54) is 0 Å². The molecule has 0 atom stereocenters. The molecule has 0 aliphatic rings. The topological polar surface area (TPSA) is 50.2 Å². The van der Waals surface area contributed by atoms with Crippen molar-refractivity contribution in [2.24, 2.45) is 7.05 Å². The van der Waals surface area contributed by atoms with Crippen LogP contribution in [-0.4, -0.2) is 40.6 Å². The first-order valence-electron chi connectivity index (χ1n) is 5.10. The van der Waals surface area contributed by atoms with Gasteiger partial charge in [-0.25, -0.2) is 9.78 Å². The van der Waals surface area contributed by atoms with E-state index in [9.17, 15) is 4.79 Å². The molecule has 0 spiro atoms. The summed E-state index contributed by atoms with van der Waals surface area (Å²) in [5.74, 6) is 0.981. The minimum absolute atomic E-state index is 0.0355. The molecule has 5 heteroatoms. The summed E-state index contributed by atoms with van der Waals surface area (Å²) >= 11 is 0. The number of aryl methyl sites for hydroxylation is 1. The van der Waals surface area contributed by atoms with Gasteiger partial charge >= 0.3 is 6.03 Å². The second kappa shape index (κ2) is 5.38. The Kier molecular flexibility index (Phi) is 4.15. The first-order chi connectivity index (χ1) is 7.15. The summed E-state index contributed by atoms with van der Waals surface area (Å²) in [6, 6.07) is -0.0355. The SMILES string of the molecule is CCN(C)C(=O)NCCc1nccn1C. The van der Waals surface area contributed by atoms with Gasteiger partial charge in [0, 0.05) is 46.0 Å². The van der Waals surface area contributed by atoms with Gasteiger partial charge in [0.1, 0.15) is 5.82 Å². The monoisotopic (exact) mass is 210 g/mol. The number of carbonyl (C=O) groups excluding carboxylic acids is 1. The van der Waals surface area contributed by atoms with Crippen LogP contribution in [0, 0.1) is 0 Å². The van der Waals surface area contributed by atoms with Crippen molar-refractivity contribution in [3.05, 3.63) is 18.2 Å². The Morgan fingerprint density at radius 2 is 2.40 bits per heavy atom. The predicted octanol–water partition coefficient (Wildman–Crippen LogP) is 0.624. The number of nitrogens with zero attached hydrogens (tertiary/aromatic N) is 3. The molecule has 1 heterocycles. The quantitative estimate of drug-likeness (QED) is 0.792. The maximum Gasteiger partial charge on any atom is 0.317 e. The first kappa shape index (κ1) is 11.6. The van der Waals surface area contributed by atoms with Crippen molar-refractivity contribution in [2.75, 3.05) is 20.1 Å². The molecule has 0 bridgehead atoms. The average Bonchev–Trinajstić information content (AvgIpc) is 2.63. The molecule has 84 valence electrons. The molecule has 0 fully saturated rings. The van der Waals surface area contributed by atoms with Crippen LogP contribution in [-0.2, 0) is 13.5 Å². The molecule has 5 nitrogen and oxygen atoms in total. The molecule has 1 aromatic rings. The third-order valence-electron chi connectivity index (χ3n) is 2.37.